The van der Waals surface area contributed by atoms with Crippen LogP contribution in [0.15, 0.2) is 41.5 Å². The summed E-state index contributed by atoms with van der Waals surface area (Å²) < 4.78 is 1.49. The molecule has 0 amide bonds. The third-order valence-electron chi connectivity index (χ3n) is 3.69. The van der Waals surface area contributed by atoms with Crippen molar-refractivity contribution in [3.8, 4) is 0 Å². The van der Waals surface area contributed by atoms with E-state index in [1.807, 2.05) is 19.9 Å². The van der Waals surface area contributed by atoms with E-state index in [4.69, 9.17) is 5.73 Å². The zero-order valence-electron chi connectivity index (χ0n) is 13.2. The van der Waals surface area contributed by atoms with Crippen molar-refractivity contribution in [3.05, 3.63) is 53.0 Å². The van der Waals surface area contributed by atoms with Crippen LogP contribution in [0, 0.1) is 0 Å². The minimum atomic E-state index is -0.599. The molecule has 0 fully saturated rings. The van der Waals surface area contributed by atoms with Gasteiger partial charge in [-0.25, -0.2) is 14.8 Å². The molecule has 0 aliphatic rings. The van der Waals surface area contributed by atoms with Gasteiger partial charge in [-0.2, -0.15) is 4.98 Å². The third kappa shape index (κ3) is 2.73. The first-order chi connectivity index (χ1) is 10.9. The molecule has 2 heterocycles. The van der Waals surface area contributed by atoms with Gasteiger partial charge in [0.2, 0.25) is 0 Å². The van der Waals surface area contributed by atoms with Gasteiger partial charge in [0, 0.05) is 30.5 Å². The van der Waals surface area contributed by atoms with Crippen LogP contribution in [-0.4, -0.2) is 19.5 Å². The lowest BCUT2D eigenvalue weighted by molar-refractivity contribution is 0.559. The van der Waals surface area contributed by atoms with Crippen molar-refractivity contribution in [3.63, 3.8) is 0 Å². The van der Waals surface area contributed by atoms with Gasteiger partial charge in [0.1, 0.15) is 5.82 Å². The van der Waals surface area contributed by atoms with Crippen LogP contribution in [0.2, 0.25) is 0 Å². The Kier molecular flexibility index (Phi) is 3.48. The first-order valence-corrected chi connectivity index (χ1v) is 7.20. The van der Waals surface area contributed by atoms with Gasteiger partial charge in [-0.15, -0.1) is 0 Å². The lowest BCUT2D eigenvalue weighted by atomic mass is 10.0. The number of rotatable bonds is 3. The van der Waals surface area contributed by atoms with Gasteiger partial charge in [-0.3, -0.25) is 4.57 Å². The van der Waals surface area contributed by atoms with E-state index in [0.717, 1.165) is 10.9 Å². The molecule has 0 unspecified atom stereocenters. The molecule has 0 saturated carbocycles. The summed E-state index contributed by atoms with van der Waals surface area (Å²) in [5.74, 6) is 1.08. The Bertz CT molecular complexity index is 917. The molecule has 0 bridgehead atoms. The number of nitrogens with one attached hydrogen (secondary N) is 1. The van der Waals surface area contributed by atoms with Crippen molar-refractivity contribution >= 4 is 22.4 Å². The summed E-state index contributed by atoms with van der Waals surface area (Å²) in [4.78, 5) is 24.8. The fourth-order valence-corrected chi connectivity index (χ4v) is 2.44. The smallest absolute Gasteiger partial charge is 0.349 e. The molecule has 7 nitrogen and oxygen atoms in total. The maximum atomic E-state index is 12.1. The molecule has 0 spiro atoms. The Balaban J connectivity index is 2.15. The Hall–Kier alpha value is -2.96. The van der Waals surface area contributed by atoms with Crippen LogP contribution < -0.4 is 16.7 Å². The number of nitrogen functional groups attached to an aromatic ring is 1. The molecule has 23 heavy (non-hydrogen) atoms. The number of nitrogens with zero attached hydrogens (tertiary/aromatic N) is 4. The average molecular weight is 310 g/mol. The molecule has 0 aliphatic heterocycles. The van der Waals surface area contributed by atoms with Gasteiger partial charge < -0.3 is 11.1 Å². The number of benzene rings is 1. The molecule has 0 saturated heterocycles. The quantitative estimate of drug-likeness (QED) is 0.714. The third-order valence-corrected chi connectivity index (χ3v) is 3.69. The molecule has 3 N–H and O–H groups in total. The SMILES string of the molecule is Cn1c(=O)nc(NC(C)(C)c2ncccn2)c2cc(N)ccc21. The van der Waals surface area contributed by atoms with E-state index in [1.54, 1.807) is 37.6 Å². The summed E-state index contributed by atoms with van der Waals surface area (Å²) in [6.07, 6.45) is 3.36. The lowest BCUT2D eigenvalue weighted by Gasteiger charge is -2.26. The maximum absolute atomic E-state index is 12.1. The van der Waals surface area contributed by atoms with Crippen LogP contribution in [0.25, 0.3) is 10.9 Å². The standard InChI is InChI=1S/C16H18N6O/c1-16(2,14-18-7-4-8-19-14)21-13-11-9-10(17)5-6-12(11)22(3)15(23)20-13/h4-9H,17H2,1-3H3,(H,20,21,23). The van der Waals surface area contributed by atoms with E-state index in [-0.39, 0.29) is 5.69 Å². The second-order valence-corrected chi connectivity index (χ2v) is 5.90. The molecule has 3 aromatic rings. The summed E-state index contributed by atoms with van der Waals surface area (Å²) in [5.41, 5.74) is 6.31. The lowest BCUT2D eigenvalue weighted by Crippen LogP contribution is -2.33. The molecule has 3 rings (SSSR count). The van der Waals surface area contributed by atoms with Crippen LogP contribution in [0.1, 0.15) is 19.7 Å². The second kappa shape index (κ2) is 5.35. The number of hydrogen-bond acceptors (Lipinski definition) is 6. The van der Waals surface area contributed by atoms with Gasteiger partial charge >= 0.3 is 5.69 Å². The van der Waals surface area contributed by atoms with Crippen molar-refractivity contribution in [1.82, 2.24) is 19.5 Å². The molecule has 1 aromatic carbocycles. The number of aromatic nitrogens is 4. The van der Waals surface area contributed by atoms with E-state index in [9.17, 15) is 4.79 Å². The molecule has 0 radical (unpaired) electrons. The minimum absolute atomic E-state index is 0.338. The van der Waals surface area contributed by atoms with Crippen LogP contribution in [0.5, 0.6) is 0 Å². The fourth-order valence-electron chi connectivity index (χ4n) is 2.44. The second-order valence-electron chi connectivity index (χ2n) is 5.90. The number of anilines is 2. The van der Waals surface area contributed by atoms with Crippen LogP contribution in [-0.2, 0) is 12.6 Å². The first kappa shape index (κ1) is 15.0. The number of fused-ring (bicyclic) bond motifs is 1. The van der Waals surface area contributed by atoms with Gasteiger partial charge in [0.15, 0.2) is 5.82 Å². The van der Waals surface area contributed by atoms with E-state index in [1.165, 1.54) is 4.57 Å². The zero-order valence-corrected chi connectivity index (χ0v) is 13.2. The Morgan fingerprint density at radius 3 is 2.61 bits per heavy atom. The number of nitrogens with two attached hydrogens (primary N) is 1. The molecule has 118 valence electrons. The topological polar surface area (TPSA) is 98.7 Å². The van der Waals surface area contributed by atoms with Crippen molar-refractivity contribution in [2.45, 2.75) is 19.4 Å². The van der Waals surface area contributed by atoms with Gasteiger partial charge in [-0.1, -0.05) is 0 Å². The van der Waals surface area contributed by atoms with E-state index in [2.05, 4.69) is 20.3 Å². The van der Waals surface area contributed by atoms with Gasteiger partial charge in [0.25, 0.3) is 0 Å². The summed E-state index contributed by atoms with van der Waals surface area (Å²) in [7, 11) is 1.68. The van der Waals surface area contributed by atoms with Crippen molar-refractivity contribution in [2.24, 2.45) is 7.05 Å². The predicted molar refractivity (Wildman–Crippen MR) is 90.1 cm³/mol. The van der Waals surface area contributed by atoms with Crippen molar-refractivity contribution < 1.29 is 0 Å². The molecule has 0 atom stereocenters. The largest absolute Gasteiger partial charge is 0.399 e. The van der Waals surface area contributed by atoms with Gasteiger partial charge in [0.05, 0.1) is 11.1 Å². The predicted octanol–water partition coefficient (Wildman–Crippen LogP) is 1.65. The normalized spacial score (nSPS) is 11.6. The van der Waals surface area contributed by atoms with Crippen LogP contribution >= 0.6 is 0 Å². The molecule has 7 heteroatoms. The van der Waals surface area contributed by atoms with E-state index < -0.39 is 5.54 Å². The molecular formula is C16H18N6O. The van der Waals surface area contributed by atoms with Crippen molar-refractivity contribution in [1.29, 1.82) is 0 Å². The van der Waals surface area contributed by atoms with E-state index >= 15 is 0 Å². The Labute approximate surface area is 133 Å². The molecular weight excluding hydrogens is 292 g/mol. The Morgan fingerprint density at radius 2 is 1.91 bits per heavy atom. The fraction of sp³-hybridized carbons (Fsp3) is 0.250. The van der Waals surface area contributed by atoms with Crippen LogP contribution in [0.4, 0.5) is 11.5 Å². The monoisotopic (exact) mass is 310 g/mol. The zero-order chi connectivity index (χ0) is 16.6. The summed E-state index contributed by atoms with van der Waals surface area (Å²) in [5, 5.41) is 4.04. The highest BCUT2D eigenvalue weighted by Gasteiger charge is 2.25. The van der Waals surface area contributed by atoms with Crippen LogP contribution in [0.3, 0.4) is 0 Å². The highest BCUT2D eigenvalue weighted by molar-refractivity contribution is 5.91. The highest BCUT2D eigenvalue weighted by atomic mass is 16.1. The highest BCUT2D eigenvalue weighted by Crippen LogP contribution is 2.27. The van der Waals surface area contributed by atoms with Crippen molar-refractivity contribution in [2.75, 3.05) is 11.1 Å². The minimum Gasteiger partial charge on any atom is -0.399 e. The first-order valence-electron chi connectivity index (χ1n) is 7.20. The summed E-state index contributed by atoms with van der Waals surface area (Å²) in [6, 6.07) is 7.13. The number of hydrogen-bond donors (Lipinski definition) is 2. The maximum Gasteiger partial charge on any atom is 0.349 e. The number of aryl methyl sites for hydroxylation is 1. The summed E-state index contributed by atoms with van der Waals surface area (Å²) in [6.45, 7) is 3.86. The summed E-state index contributed by atoms with van der Waals surface area (Å²) >= 11 is 0. The van der Waals surface area contributed by atoms with E-state index in [0.29, 0.717) is 17.3 Å². The average Bonchev–Trinajstić information content (AvgIpc) is 2.53. The molecule has 2 aromatic heterocycles. The Morgan fingerprint density at radius 1 is 1.22 bits per heavy atom. The van der Waals surface area contributed by atoms with Gasteiger partial charge in [-0.05, 0) is 38.1 Å². The molecule has 0 aliphatic carbocycles.